The van der Waals surface area contributed by atoms with Gasteiger partial charge < -0.3 is 10.4 Å². The Balaban J connectivity index is 2.17. The minimum atomic E-state index is -0.332. The molecule has 3 aromatic rings. The summed E-state index contributed by atoms with van der Waals surface area (Å²) in [5, 5.41) is 17.1. The standard InChI is InChI=1S/C14H14FN5O/c1-9-12-13(16-5-6-21)17-8-18-14(12)20(19-9)11-4-2-3-10(15)7-11/h2-4,7-8,21H,5-6H2,1H3,(H,16,17,18). The largest absolute Gasteiger partial charge is 0.395 e. The molecule has 0 aliphatic heterocycles. The highest BCUT2D eigenvalue weighted by atomic mass is 19.1. The van der Waals surface area contributed by atoms with Crippen LogP contribution in [0.4, 0.5) is 10.2 Å². The van der Waals surface area contributed by atoms with Crippen molar-refractivity contribution >= 4 is 16.9 Å². The second kappa shape index (κ2) is 5.45. The van der Waals surface area contributed by atoms with Crippen LogP contribution >= 0.6 is 0 Å². The third kappa shape index (κ3) is 2.43. The maximum absolute atomic E-state index is 13.4. The molecule has 1 aromatic carbocycles. The van der Waals surface area contributed by atoms with Crippen LogP contribution in [0, 0.1) is 12.7 Å². The molecular formula is C14H14FN5O. The van der Waals surface area contributed by atoms with Gasteiger partial charge in [-0.1, -0.05) is 6.07 Å². The normalized spacial score (nSPS) is 11.0. The van der Waals surface area contributed by atoms with Crippen molar-refractivity contribution in [3.63, 3.8) is 0 Å². The Hall–Kier alpha value is -2.54. The third-order valence-electron chi connectivity index (χ3n) is 3.10. The van der Waals surface area contributed by atoms with Crippen LogP contribution in [0.3, 0.4) is 0 Å². The number of aryl methyl sites for hydroxylation is 1. The molecule has 108 valence electrons. The van der Waals surface area contributed by atoms with Crippen molar-refractivity contribution < 1.29 is 9.50 Å². The van der Waals surface area contributed by atoms with Crippen molar-refractivity contribution in [3.8, 4) is 5.69 Å². The topological polar surface area (TPSA) is 75.9 Å². The first-order valence-electron chi connectivity index (χ1n) is 6.51. The first-order valence-corrected chi connectivity index (χ1v) is 6.51. The molecule has 6 nitrogen and oxygen atoms in total. The van der Waals surface area contributed by atoms with E-state index in [1.807, 2.05) is 6.92 Å². The molecule has 7 heteroatoms. The molecule has 2 aromatic heterocycles. The zero-order valence-electron chi connectivity index (χ0n) is 11.4. The van der Waals surface area contributed by atoms with Gasteiger partial charge in [-0.25, -0.2) is 19.0 Å². The molecule has 0 spiro atoms. The second-order valence-corrected chi connectivity index (χ2v) is 4.55. The van der Waals surface area contributed by atoms with E-state index in [9.17, 15) is 4.39 Å². The first-order chi connectivity index (χ1) is 10.2. The van der Waals surface area contributed by atoms with Gasteiger partial charge in [-0.15, -0.1) is 0 Å². The number of benzene rings is 1. The van der Waals surface area contributed by atoms with Gasteiger partial charge in [0.2, 0.25) is 0 Å². The smallest absolute Gasteiger partial charge is 0.168 e. The van der Waals surface area contributed by atoms with Gasteiger partial charge >= 0.3 is 0 Å². The lowest BCUT2D eigenvalue weighted by molar-refractivity contribution is 0.311. The Bertz CT molecular complexity index is 786. The fourth-order valence-corrected chi connectivity index (χ4v) is 2.21. The van der Waals surface area contributed by atoms with E-state index in [-0.39, 0.29) is 12.4 Å². The molecule has 0 bridgehead atoms. The minimum Gasteiger partial charge on any atom is -0.395 e. The summed E-state index contributed by atoms with van der Waals surface area (Å²) in [4.78, 5) is 8.41. The fourth-order valence-electron chi connectivity index (χ4n) is 2.21. The molecule has 3 rings (SSSR count). The van der Waals surface area contributed by atoms with E-state index in [2.05, 4.69) is 20.4 Å². The lowest BCUT2D eigenvalue weighted by atomic mass is 10.3. The number of aliphatic hydroxyl groups excluding tert-OH is 1. The molecule has 0 saturated heterocycles. The molecule has 2 N–H and O–H groups in total. The van der Waals surface area contributed by atoms with Crippen LogP contribution in [0.25, 0.3) is 16.7 Å². The average molecular weight is 287 g/mol. The summed E-state index contributed by atoms with van der Waals surface area (Å²) in [6.07, 6.45) is 1.42. The number of aliphatic hydroxyl groups is 1. The number of hydrogen-bond donors (Lipinski definition) is 2. The Morgan fingerprint density at radius 3 is 2.95 bits per heavy atom. The van der Waals surface area contributed by atoms with E-state index in [4.69, 9.17) is 5.11 Å². The molecule has 0 fully saturated rings. The summed E-state index contributed by atoms with van der Waals surface area (Å²) in [7, 11) is 0. The number of aromatic nitrogens is 4. The fraction of sp³-hybridized carbons (Fsp3) is 0.214. The van der Waals surface area contributed by atoms with E-state index in [0.29, 0.717) is 23.7 Å². The lowest BCUT2D eigenvalue weighted by Gasteiger charge is -2.05. The third-order valence-corrected chi connectivity index (χ3v) is 3.10. The molecule has 0 radical (unpaired) electrons. The average Bonchev–Trinajstić information content (AvgIpc) is 2.83. The molecular weight excluding hydrogens is 273 g/mol. The quantitative estimate of drug-likeness (QED) is 0.763. The van der Waals surface area contributed by atoms with Crippen LogP contribution < -0.4 is 5.32 Å². The van der Waals surface area contributed by atoms with Gasteiger partial charge in [0, 0.05) is 6.54 Å². The highest BCUT2D eigenvalue weighted by molar-refractivity contribution is 5.90. The van der Waals surface area contributed by atoms with Gasteiger partial charge in [0.25, 0.3) is 0 Å². The zero-order valence-corrected chi connectivity index (χ0v) is 11.4. The highest BCUT2D eigenvalue weighted by Gasteiger charge is 2.15. The summed E-state index contributed by atoms with van der Waals surface area (Å²) < 4.78 is 15.0. The minimum absolute atomic E-state index is 0.00256. The molecule has 0 unspecified atom stereocenters. The van der Waals surface area contributed by atoms with Crippen molar-refractivity contribution in [1.82, 2.24) is 19.7 Å². The Kier molecular flexibility index (Phi) is 3.49. The number of nitrogens with zero attached hydrogens (tertiary/aromatic N) is 4. The van der Waals surface area contributed by atoms with Crippen molar-refractivity contribution in [2.75, 3.05) is 18.5 Å². The van der Waals surface area contributed by atoms with E-state index >= 15 is 0 Å². The maximum atomic E-state index is 13.4. The van der Waals surface area contributed by atoms with Crippen molar-refractivity contribution in [1.29, 1.82) is 0 Å². The van der Waals surface area contributed by atoms with Gasteiger partial charge in [-0.2, -0.15) is 5.10 Å². The van der Waals surface area contributed by atoms with Crippen molar-refractivity contribution in [2.45, 2.75) is 6.92 Å². The zero-order chi connectivity index (χ0) is 14.8. The van der Waals surface area contributed by atoms with E-state index < -0.39 is 0 Å². The predicted octanol–water partition coefficient (Wildman–Crippen LogP) is 1.67. The molecule has 0 aliphatic rings. The van der Waals surface area contributed by atoms with Crippen LogP contribution in [0.5, 0.6) is 0 Å². The van der Waals surface area contributed by atoms with Crippen LogP contribution in [-0.4, -0.2) is 38.0 Å². The Morgan fingerprint density at radius 1 is 1.33 bits per heavy atom. The molecule has 0 aliphatic carbocycles. The maximum Gasteiger partial charge on any atom is 0.168 e. The van der Waals surface area contributed by atoms with Crippen LogP contribution in [0.1, 0.15) is 5.69 Å². The van der Waals surface area contributed by atoms with Crippen molar-refractivity contribution in [2.24, 2.45) is 0 Å². The van der Waals surface area contributed by atoms with E-state index in [1.54, 1.807) is 16.8 Å². The molecule has 21 heavy (non-hydrogen) atoms. The first kappa shape index (κ1) is 13.4. The number of hydrogen-bond acceptors (Lipinski definition) is 5. The predicted molar refractivity (Wildman–Crippen MR) is 76.9 cm³/mol. The van der Waals surface area contributed by atoms with Gasteiger partial charge in [0.15, 0.2) is 5.65 Å². The summed E-state index contributed by atoms with van der Waals surface area (Å²) in [6, 6.07) is 6.16. The summed E-state index contributed by atoms with van der Waals surface area (Å²) >= 11 is 0. The van der Waals surface area contributed by atoms with Gasteiger partial charge in [0.05, 0.1) is 23.4 Å². The summed E-state index contributed by atoms with van der Waals surface area (Å²) in [6.45, 7) is 2.23. The van der Waals surface area contributed by atoms with Gasteiger partial charge in [-0.3, -0.25) is 0 Å². The molecule has 0 atom stereocenters. The molecule has 0 amide bonds. The number of anilines is 1. The van der Waals surface area contributed by atoms with Crippen molar-refractivity contribution in [3.05, 3.63) is 42.1 Å². The van der Waals surface area contributed by atoms with Gasteiger partial charge in [-0.05, 0) is 25.1 Å². The van der Waals surface area contributed by atoms with Crippen LogP contribution in [-0.2, 0) is 0 Å². The Labute approximate surface area is 120 Å². The number of halogens is 1. The van der Waals surface area contributed by atoms with Gasteiger partial charge in [0.1, 0.15) is 18.0 Å². The monoisotopic (exact) mass is 287 g/mol. The molecule has 2 heterocycles. The number of fused-ring (bicyclic) bond motifs is 1. The molecule has 0 saturated carbocycles. The van der Waals surface area contributed by atoms with E-state index in [1.165, 1.54) is 18.5 Å². The Morgan fingerprint density at radius 2 is 2.19 bits per heavy atom. The number of rotatable bonds is 4. The highest BCUT2D eigenvalue weighted by Crippen LogP contribution is 2.25. The van der Waals surface area contributed by atoms with E-state index in [0.717, 1.165) is 11.1 Å². The SMILES string of the molecule is Cc1nn(-c2cccc(F)c2)c2ncnc(NCCO)c12. The second-order valence-electron chi connectivity index (χ2n) is 4.55. The van der Waals surface area contributed by atoms with Crippen LogP contribution in [0.15, 0.2) is 30.6 Å². The van der Waals surface area contributed by atoms with Crippen LogP contribution in [0.2, 0.25) is 0 Å². The summed E-state index contributed by atoms with van der Waals surface area (Å²) in [5.41, 5.74) is 1.92. The summed E-state index contributed by atoms with van der Waals surface area (Å²) in [5.74, 6) is 0.274. The lowest BCUT2D eigenvalue weighted by Crippen LogP contribution is -2.07. The number of nitrogens with one attached hydrogen (secondary N) is 1.